The maximum atomic E-state index is 11.3. The summed E-state index contributed by atoms with van der Waals surface area (Å²) in [5, 5.41) is 17.2. The van der Waals surface area contributed by atoms with Crippen LogP contribution in [0.5, 0.6) is 0 Å². The number of ether oxygens (including phenoxy) is 1. The van der Waals surface area contributed by atoms with Crippen molar-refractivity contribution < 1.29 is 29.3 Å². The fourth-order valence-corrected chi connectivity index (χ4v) is 1.83. The van der Waals surface area contributed by atoms with Crippen LogP contribution in [0.15, 0.2) is 48.5 Å². The van der Waals surface area contributed by atoms with Crippen LogP contribution >= 0.6 is 0 Å². The van der Waals surface area contributed by atoms with E-state index in [1.807, 2.05) is 0 Å². The fourth-order valence-electron chi connectivity index (χ4n) is 1.83. The molecule has 0 heterocycles. The van der Waals surface area contributed by atoms with E-state index in [0.717, 1.165) is 0 Å². The minimum Gasteiger partial charge on any atom is -0.478 e. The lowest BCUT2D eigenvalue weighted by Gasteiger charge is -2.20. The molecule has 1 amide bonds. The number of carbonyl (C=O) groups is 3. The average molecular weight is 404 g/mol. The lowest BCUT2D eigenvalue weighted by atomic mass is 10.2. The number of hydrogen-bond donors (Lipinski definition) is 6. The molecular weight excluding hydrogens is 380 g/mol. The molecule has 0 aliphatic rings. The Bertz CT molecular complexity index is 829. The van der Waals surface area contributed by atoms with Crippen LogP contribution in [0, 0.1) is 0 Å². The maximum absolute atomic E-state index is 11.3. The van der Waals surface area contributed by atoms with Crippen LogP contribution in [-0.2, 0) is 4.74 Å². The number of carboxylic acids is 2. The highest BCUT2D eigenvalue weighted by Crippen LogP contribution is 2.10. The molecule has 0 spiro atoms. The summed E-state index contributed by atoms with van der Waals surface area (Å²) in [5.41, 5.74) is 8.47. The van der Waals surface area contributed by atoms with E-state index in [1.54, 1.807) is 45.0 Å². The number of amides is 1. The second-order valence-corrected chi connectivity index (χ2v) is 6.66. The molecule has 2 rings (SSSR count). The molecule has 0 bridgehead atoms. The molecule has 0 atom stereocenters. The molecular formula is C19H24N4O6. The predicted molar refractivity (Wildman–Crippen MR) is 108 cm³/mol. The van der Waals surface area contributed by atoms with Crippen molar-refractivity contribution >= 4 is 29.4 Å². The Labute approximate surface area is 167 Å². The second kappa shape index (κ2) is 10.5. The van der Waals surface area contributed by atoms with E-state index in [9.17, 15) is 14.4 Å². The van der Waals surface area contributed by atoms with Gasteiger partial charge in [0.2, 0.25) is 0 Å². The van der Waals surface area contributed by atoms with Gasteiger partial charge in [0.1, 0.15) is 5.60 Å². The molecule has 29 heavy (non-hydrogen) atoms. The first kappa shape index (κ1) is 23.2. The molecule has 0 aliphatic heterocycles. The Morgan fingerprint density at radius 3 is 1.59 bits per heavy atom. The molecule has 156 valence electrons. The predicted octanol–water partition coefficient (Wildman–Crippen LogP) is 2.91. The number of nitrogens with two attached hydrogens (primary N) is 1. The van der Waals surface area contributed by atoms with Gasteiger partial charge in [0.05, 0.1) is 16.8 Å². The van der Waals surface area contributed by atoms with Crippen molar-refractivity contribution in [2.75, 3.05) is 10.9 Å². The Hall–Kier alpha value is -3.79. The number of rotatable bonds is 5. The van der Waals surface area contributed by atoms with Crippen molar-refractivity contribution in [1.82, 2.24) is 5.43 Å². The smallest absolute Gasteiger partial charge is 0.426 e. The normalized spacial score (nSPS) is 10.1. The van der Waals surface area contributed by atoms with Crippen LogP contribution in [0.25, 0.3) is 0 Å². The van der Waals surface area contributed by atoms with Gasteiger partial charge in [0.25, 0.3) is 0 Å². The van der Waals surface area contributed by atoms with Gasteiger partial charge in [-0.3, -0.25) is 11.3 Å². The van der Waals surface area contributed by atoms with Crippen molar-refractivity contribution in [3.05, 3.63) is 59.7 Å². The lowest BCUT2D eigenvalue weighted by Crippen LogP contribution is -2.35. The molecule has 0 radical (unpaired) electrons. The van der Waals surface area contributed by atoms with Crippen molar-refractivity contribution in [2.24, 2.45) is 5.84 Å². The number of nitrogens with one attached hydrogen (secondary N) is 3. The van der Waals surface area contributed by atoms with Gasteiger partial charge < -0.3 is 20.4 Å². The van der Waals surface area contributed by atoms with E-state index in [1.165, 1.54) is 24.3 Å². The third-order valence-electron chi connectivity index (χ3n) is 3.14. The molecule has 0 saturated carbocycles. The van der Waals surface area contributed by atoms with E-state index in [2.05, 4.69) is 16.3 Å². The summed E-state index contributed by atoms with van der Waals surface area (Å²) in [7, 11) is 0. The van der Waals surface area contributed by atoms with Gasteiger partial charge >= 0.3 is 18.0 Å². The Kier molecular flexibility index (Phi) is 8.43. The van der Waals surface area contributed by atoms with Gasteiger partial charge in [-0.25, -0.2) is 19.8 Å². The molecule has 7 N–H and O–H groups in total. The lowest BCUT2D eigenvalue weighted by molar-refractivity contribution is 0.0539. The van der Waals surface area contributed by atoms with Crippen molar-refractivity contribution in [3.8, 4) is 0 Å². The van der Waals surface area contributed by atoms with Crippen LogP contribution in [0.2, 0.25) is 0 Å². The van der Waals surface area contributed by atoms with Crippen molar-refractivity contribution in [1.29, 1.82) is 0 Å². The summed E-state index contributed by atoms with van der Waals surface area (Å²) in [6.07, 6.45) is -0.607. The van der Waals surface area contributed by atoms with Gasteiger partial charge in [-0.2, -0.15) is 0 Å². The largest absolute Gasteiger partial charge is 0.478 e. The van der Waals surface area contributed by atoms with Crippen molar-refractivity contribution in [3.63, 3.8) is 0 Å². The number of carboxylic acid groups (broad SMARTS) is 2. The van der Waals surface area contributed by atoms with E-state index >= 15 is 0 Å². The zero-order chi connectivity index (χ0) is 22.0. The number of hydrazine groups is 2. The van der Waals surface area contributed by atoms with Gasteiger partial charge in [-0.05, 0) is 69.3 Å². The minimum absolute atomic E-state index is 0.179. The van der Waals surface area contributed by atoms with E-state index in [0.29, 0.717) is 11.4 Å². The first-order valence-electron chi connectivity index (χ1n) is 8.40. The molecule has 2 aromatic carbocycles. The van der Waals surface area contributed by atoms with Crippen LogP contribution < -0.4 is 22.1 Å². The quantitative estimate of drug-likeness (QED) is 0.325. The van der Waals surface area contributed by atoms with Gasteiger partial charge in [0.15, 0.2) is 0 Å². The summed E-state index contributed by atoms with van der Waals surface area (Å²) in [6, 6.07) is 12.1. The molecule has 0 aromatic heterocycles. The van der Waals surface area contributed by atoms with Crippen LogP contribution in [-0.4, -0.2) is 33.8 Å². The van der Waals surface area contributed by atoms with Crippen molar-refractivity contribution in [2.45, 2.75) is 26.4 Å². The molecule has 2 aromatic rings. The number of hydrogen-bond acceptors (Lipinski definition) is 7. The highest BCUT2D eigenvalue weighted by atomic mass is 16.6. The van der Waals surface area contributed by atoms with Gasteiger partial charge in [0, 0.05) is 5.69 Å². The molecule has 10 heteroatoms. The summed E-state index contributed by atoms with van der Waals surface area (Å²) < 4.78 is 5.01. The first-order valence-corrected chi connectivity index (χ1v) is 8.40. The monoisotopic (exact) mass is 404 g/mol. The SMILES string of the molecule is CC(C)(C)OC(=O)NNc1ccc(C(=O)O)cc1.NNc1ccc(C(=O)O)cc1. The first-order chi connectivity index (χ1) is 13.5. The Balaban J connectivity index is 0.000000326. The number of aromatic carboxylic acids is 2. The highest BCUT2D eigenvalue weighted by Gasteiger charge is 2.15. The topological polar surface area (TPSA) is 163 Å². The summed E-state index contributed by atoms with van der Waals surface area (Å²) in [5.74, 6) is 3.14. The summed E-state index contributed by atoms with van der Waals surface area (Å²) in [4.78, 5) is 32.3. The van der Waals surface area contributed by atoms with Crippen LogP contribution in [0.4, 0.5) is 16.2 Å². The molecule has 0 fully saturated rings. The number of benzene rings is 2. The Morgan fingerprint density at radius 1 is 0.828 bits per heavy atom. The van der Waals surface area contributed by atoms with Gasteiger partial charge in [-0.15, -0.1) is 0 Å². The summed E-state index contributed by atoms with van der Waals surface area (Å²) >= 11 is 0. The minimum atomic E-state index is -0.998. The number of anilines is 2. The Morgan fingerprint density at radius 2 is 1.24 bits per heavy atom. The molecule has 0 aliphatic carbocycles. The van der Waals surface area contributed by atoms with Crippen LogP contribution in [0.3, 0.4) is 0 Å². The van der Waals surface area contributed by atoms with Gasteiger partial charge in [-0.1, -0.05) is 0 Å². The molecule has 10 nitrogen and oxygen atoms in total. The zero-order valence-electron chi connectivity index (χ0n) is 16.2. The maximum Gasteiger partial charge on any atom is 0.426 e. The zero-order valence-corrected chi connectivity index (χ0v) is 16.2. The molecule has 0 saturated heterocycles. The van der Waals surface area contributed by atoms with E-state index < -0.39 is 23.6 Å². The summed E-state index contributed by atoms with van der Waals surface area (Å²) in [6.45, 7) is 5.27. The van der Waals surface area contributed by atoms with E-state index in [-0.39, 0.29) is 11.1 Å². The average Bonchev–Trinajstić information content (AvgIpc) is 2.66. The number of carbonyl (C=O) groups excluding carboxylic acids is 1. The van der Waals surface area contributed by atoms with Crippen LogP contribution in [0.1, 0.15) is 41.5 Å². The standard InChI is InChI=1S/C12H16N2O4.C7H8N2O2/c1-12(2,3)18-11(17)14-13-9-6-4-8(5-7-9)10(15)16;8-9-6-3-1-5(2-4-6)7(10)11/h4-7,13H,1-3H3,(H,14,17)(H,15,16);1-4,9H,8H2,(H,10,11). The fraction of sp³-hybridized carbons (Fsp3) is 0.211. The third-order valence-corrected chi connectivity index (χ3v) is 3.14. The number of nitrogen functional groups attached to an aromatic ring is 1. The highest BCUT2D eigenvalue weighted by molar-refractivity contribution is 5.88. The second-order valence-electron chi connectivity index (χ2n) is 6.66. The molecule has 0 unspecified atom stereocenters. The van der Waals surface area contributed by atoms with E-state index in [4.69, 9.17) is 20.8 Å². The third kappa shape index (κ3) is 9.11.